The molecular weight excluding hydrogens is 188 g/mol. The molecule has 2 aromatic rings. The van der Waals surface area contributed by atoms with Gasteiger partial charge in [-0.15, -0.1) is 0 Å². The summed E-state index contributed by atoms with van der Waals surface area (Å²) in [6.45, 7) is 0. The number of hydrogen-bond acceptors (Lipinski definition) is 4. The number of benzene rings is 1. The Hall–Kier alpha value is -1.49. The smallest absolute Gasteiger partial charge is 0.168 e. The summed E-state index contributed by atoms with van der Waals surface area (Å²) in [7, 11) is -2.52. The zero-order valence-corrected chi connectivity index (χ0v) is 7.44. The molecule has 0 atom stereocenters. The topological polar surface area (TPSA) is 59.9 Å². The molecule has 0 aliphatic carbocycles. The van der Waals surface area contributed by atoms with E-state index >= 15 is 0 Å². The quantitative estimate of drug-likeness (QED) is 0.675. The minimum absolute atomic E-state index is 0.301. The van der Waals surface area contributed by atoms with Crippen LogP contribution in [0.3, 0.4) is 0 Å². The molecule has 4 nitrogen and oxygen atoms in total. The Bertz CT molecular complexity index is 514. The van der Waals surface area contributed by atoms with Gasteiger partial charge in [-0.3, -0.25) is 0 Å². The molecular formula is C8H6N2O2S. The van der Waals surface area contributed by atoms with Gasteiger partial charge in [0, 0.05) is 10.8 Å². The SMILES string of the molecule is O=[SH](=O)c1ccc2cnncc2c1. The van der Waals surface area contributed by atoms with Crippen LogP contribution >= 0.6 is 0 Å². The molecule has 0 aliphatic rings. The van der Waals surface area contributed by atoms with E-state index in [2.05, 4.69) is 10.2 Å². The van der Waals surface area contributed by atoms with E-state index in [0.29, 0.717) is 4.90 Å². The van der Waals surface area contributed by atoms with Gasteiger partial charge in [-0.25, -0.2) is 8.42 Å². The van der Waals surface area contributed by atoms with E-state index in [1.807, 2.05) is 0 Å². The highest BCUT2D eigenvalue weighted by Gasteiger charge is 1.97. The van der Waals surface area contributed by atoms with Crippen molar-refractivity contribution in [1.29, 1.82) is 0 Å². The summed E-state index contributed by atoms with van der Waals surface area (Å²) in [6, 6.07) is 4.84. The van der Waals surface area contributed by atoms with Gasteiger partial charge in [0.1, 0.15) is 0 Å². The second-order valence-corrected chi connectivity index (χ2v) is 3.59. The highest BCUT2D eigenvalue weighted by Crippen LogP contribution is 2.13. The molecule has 1 heterocycles. The van der Waals surface area contributed by atoms with Gasteiger partial charge in [0.2, 0.25) is 0 Å². The zero-order valence-electron chi connectivity index (χ0n) is 6.54. The third kappa shape index (κ3) is 1.50. The largest absolute Gasteiger partial charge is 0.227 e. The van der Waals surface area contributed by atoms with Crippen LogP contribution in [0.15, 0.2) is 35.5 Å². The Balaban J connectivity index is 2.76. The van der Waals surface area contributed by atoms with Gasteiger partial charge in [-0.1, -0.05) is 6.07 Å². The number of nitrogens with zero attached hydrogens (tertiary/aromatic N) is 2. The fraction of sp³-hybridized carbons (Fsp3) is 0. The average Bonchev–Trinajstić information content (AvgIpc) is 2.17. The zero-order chi connectivity index (χ0) is 9.26. The van der Waals surface area contributed by atoms with E-state index in [1.54, 1.807) is 24.4 Å². The van der Waals surface area contributed by atoms with Crippen molar-refractivity contribution in [2.45, 2.75) is 4.90 Å². The summed E-state index contributed by atoms with van der Waals surface area (Å²) in [4.78, 5) is 0.301. The molecule has 0 radical (unpaired) electrons. The van der Waals surface area contributed by atoms with Crippen LogP contribution in [-0.2, 0) is 10.7 Å². The van der Waals surface area contributed by atoms with Crippen LogP contribution in [-0.4, -0.2) is 18.6 Å². The summed E-state index contributed by atoms with van der Waals surface area (Å²) >= 11 is 0. The molecule has 0 saturated heterocycles. The lowest BCUT2D eigenvalue weighted by molar-refractivity contribution is 0.614. The lowest BCUT2D eigenvalue weighted by Gasteiger charge is -1.95. The van der Waals surface area contributed by atoms with Gasteiger partial charge in [0.05, 0.1) is 17.3 Å². The number of hydrogen-bond donors (Lipinski definition) is 1. The predicted octanol–water partition coefficient (Wildman–Crippen LogP) is 0.600. The number of thiol groups is 1. The Morgan fingerprint density at radius 1 is 1.00 bits per heavy atom. The molecule has 0 amide bonds. The lowest BCUT2D eigenvalue weighted by Crippen LogP contribution is -1.83. The summed E-state index contributed by atoms with van der Waals surface area (Å²) in [5.74, 6) is 0. The first-order valence-corrected chi connectivity index (χ1v) is 4.80. The molecule has 0 saturated carbocycles. The molecule has 0 aliphatic heterocycles. The van der Waals surface area contributed by atoms with Crippen molar-refractivity contribution in [3.63, 3.8) is 0 Å². The number of aromatic nitrogens is 2. The summed E-state index contributed by atoms with van der Waals surface area (Å²) in [6.07, 6.45) is 3.13. The third-order valence-electron chi connectivity index (χ3n) is 1.74. The van der Waals surface area contributed by atoms with Gasteiger partial charge < -0.3 is 0 Å². The monoisotopic (exact) mass is 194 g/mol. The Labute approximate surface area is 76.2 Å². The van der Waals surface area contributed by atoms with E-state index in [9.17, 15) is 8.42 Å². The Morgan fingerprint density at radius 2 is 1.69 bits per heavy atom. The van der Waals surface area contributed by atoms with Crippen molar-refractivity contribution >= 4 is 21.5 Å². The summed E-state index contributed by atoms with van der Waals surface area (Å²) in [5, 5.41) is 9.02. The van der Waals surface area contributed by atoms with Crippen LogP contribution in [0.1, 0.15) is 0 Å². The highest BCUT2D eigenvalue weighted by atomic mass is 32.2. The van der Waals surface area contributed by atoms with Crippen molar-refractivity contribution in [3.8, 4) is 0 Å². The number of fused-ring (bicyclic) bond motifs is 1. The van der Waals surface area contributed by atoms with Gasteiger partial charge in [0.15, 0.2) is 10.7 Å². The van der Waals surface area contributed by atoms with E-state index in [-0.39, 0.29) is 0 Å². The van der Waals surface area contributed by atoms with Crippen molar-refractivity contribution < 1.29 is 8.42 Å². The molecule has 0 bridgehead atoms. The predicted molar refractivity (Wildman–Crippen MR) is 48.1 cm³/mol. The molecule has 0 spiro atoms. The molecule has 0 N–H and O–H groups in total. The van der Waals surface area contributed by atoms with Gasteiger partial charge >= 0.3 is 0 Å². The van der Waals surface area contributed by atoms with Crippen LogP contribution < -0.4 is 0 Å². The van der Waals surface area contributed by atoms with Gasteiger partial charge in [-0.05, 0) is 12.1 Å². The van der Waals surface area contributed by atoms with Crippen molar-refractivity contribution in [1.82, 2.24) is 10.2 Å². The molecule has 5 heteroatoms. The van der Waals surface area contributed by atoms with E-state index in [0.717, 1.165) is 10.8 Å². The first-order valence-electron chi connectivity index (χ1n) is 3.62. The fourth-order valence-electron chi connectivity index (χ4n) is 1.10. The highest BCUT2D eigenvalue weighted by molar-refractivity contribution is 7.72. The minimum atomic E-state index is -2.52. The van der Waals surface area contributed by atoms with Crippen molar-refractivity contribution in [3.05, 3.63) is 30.6 Å². The van der Waals surface area contributed by atoms with Crippen molar-refractivity contribution in [2.75, 3.05) is 0 Å². The van der Waals surface area contributed by atoms with Crippen LogP contribution in [0.2, 0.25) is 0 Å². The maximum Gasteiger partial charge on any atom is 0.168 e. The molecule has 13 heavy (non-hydrogen) atoms. The summed E-state index contributed by atoms with van der Waals surface area (Å²) < 4.78 is 21.3. The molecule has 1 aromatic heterocycles. The first-order chi connectivity index (χ1) is 6.27. The number of rotatable bonds is 1. The standard InChI is InChI=1S/C8H6N2O2S/c11-13(12)8-2-1-6-4-9-10-5-7(6)3-8/h1-5,13H. The Morgan fingerprint density at radius 3 is 2.38 bits per heavy atom. The van der Waals surface area contributed by atoms with E-state index in [4.69, 9.17) is 0 Å². The molecule has 1 aromatic carbocycles. The van der Waals surface area contributed by atoms with Gasteiger partial charge in [-0.2, -0.15) is 10.2 Å². The summed E-state index contributed by atoms with van der Waals surface area (Å²) in [5.41, 5.74) is 0. The Kier molecular flexibility index (Phi) is 1.94. The average molecular weight is 194 g/mol. The van der Waals surface area contributed by atoms with E-state index in [1.165, 1.54) is 6.20 Å². The maximum absolute atomic E-state index is 10.6. The third-order valence-corrected chi connectivity index (χ3v) is 2.44. The molecule has 2 rings (SSSR count). The van der Waals surface area contributed by atoms with Crippen LogP contribution in [0.5, 0.6) is 0 Å². The maximum atomic E-state index is 10.6. The second kappa shape index (κ2) is 3.10. The van der Waals surface area contributed by atoms with Crippen LogP contribution in [0, 0.1) is 0 Å². The second-order valence-electron chi connectivity index (χ2n) is 2.56. The first kappa shape index (κ1) is 8.12. The minimum Gasteiger partial charge on any atom is -0.227 e. The van der Waals surface area contributed by atoms with Crippen molar-refractivity contribution in [2.24, 2.45) is 0 Å². The van der Waals surface area contributed by atoms with E-state index < -0.39 is 10.7 Å². The molecule has 0 unspecified atom stereocenters. The van der Waals surface area contributed by atoms with Crippen LogP contribution in [0.25, 0.3) is 10.8 Å². The van der Waals surface area contributed by atoms with Gasteiger partial charge in [0.25, 0.3) is 0 Å². The fourth-order valence-corrected chi connectivity index (χ4v) is 1.54. The lowest BCUT2D eigenvalue weighted by atomic mass is 10.2. The molecule has 0 fully saturated rings. The van der Waals surface area contributed by atoms with Crippen LogP contribution in [0.4, 0.5) is 0 Å². The molecule has 66 valence electrons. The normalized spacial score (nSPS) is 10.8.